The third-order valence-corrected chi connectivity index (χ3v) is 4.72. The number of hydrogen-bond acceptors (Lipinski definition) is 3. The van der Waals surface area contributed by atoms with Gasteiger partial charge in [0.1, 0.15) is 5.75 Å². The van der Waals surface area contributed by atoms with Crippen molar-refractivity contribution in [3.63, 3.8) is 0 Å². The van der Waals surface area contributed by atoms with E-state index in [4.69, 9.17) is 15.2 Å². The predicted molar refractivity (Wildman–Crippen MR) is 77.7 cm³/mol. The average Bonchev–Trinajstić information content (AvgIpc) is 2.36. The van der Waals surface area contributed by atoms with Crippen LogP contribution >= 0.6 is 0 Å². The smallest absolute Gasteiger partial charge is 0.122 e. The largest absolute Gasteiger partial charge is 0.496 e. The van der Waals surface area contributed by atoms with Crippen LogP contribution in [0.5, 0.6) is 5.75 Å². The van der Waals surface area contributed by atoms with E-state index in [1.165, 1.54) is 11.1 Å². The summed E-state index contributed by atoms with van der Waals surface area (Å²) in [6, 6.07) is 6.50. The summed E-state index contributed by atoms with van der Waals surface area (Å²) in [4.78, 5) is 0. The lowest BCUT2D eigenvalue weighted by Gasteiger charge is -2.52. The molecule has 1 heterocycles. The van der Waals surface area contributed by atoms with Crippen molar-refractivity contribution in [3.8, 4) is 5.75 Å². The Morgan fingerprint density at radius 1 is 1.37 bits per heavy atom. The SMILES string of the molecule is CCc1cc(C2(C(C)(C)CN)COC2)ccc1OC. The second-order valence-corrected chi connectivity index (χ2v) is 6.04. The topological polar surface area (TPSA) is 44.5 Å². The zero-order valence-electron chi connectivity index (χ0n) is 12.5. The van der Waals surface area contributed by atoms with Gasteiger partial charge in [0.25, 0.3) is 0 Å². The van der Waals surface area contributed by atoms with Crippen molar-refractivity contribution in [3.05, 3.63) is 29.3 Å². The van der Waals surface area contributed by atoms with Crippen LogP contribution in [-0.2, 0) is 16.6 Å². The van der Waals surface area contributed by atoms with E-state index in [0.717, 1.165) is 25.4 Å². The molecule has 1 fully saturated rings. The molecule has 1 aromatic carbocycles. The molecule has 1 aromatic rings. The fourth-order valence-electron chi connectivity index (χ4n) is 2.80. The van der Waals surface area contributed by atoms with Crippen LogP contribution in [0, 0.1) is 5.41 Å². The van der Waals surface area contributed by atoms with Crippen molar-refractivity contribution in [2.75, 3.05) is 26.9 Å². The van der Waals surface area contributed by atoms with Gasteiger partial charge in [0.15, 0.2) is 0 Å². The molecule has 3 heteroatoms. The average molecular weight is 263 g/mol. The normalized spacial score (nSPS) is 17.9. The second-order valence-electron chi connectivity index (χ2n) is 6.04. The Hall–Kier alpha value is -1.06. The first-order chi connectivity index (χ1) is 9.00. The number of rotatable bonds is 5. The van der Waals surface area contributed by atoms with Gasteiger partial charge < -0.3 is 15.2 Å². The lowest BCUT2D eigenvalue weighted by Crippen LogP contribution is -2.59. The summed E-state index contributed by atoms with van der Waals surface area (Å²) in [6.07, 6.45) is 0.969. The summed E-state index contributed by atoms with van der Waals surface area (Å²) in [5.74, 6) is 0.965. The molecule has 0 radical (unpaired) electrons. The maximum absolute atomic E-state index is 5.99. The van der Waals surface area contributed by atoms with Crippen LogP contribution in [0.2, 0.25) is 0 Å². The zero-order chi connectivity index (χ0) is 14.1. The van der Waals surface area contributed by atoms with Crippen LogP contribution in [0.15, 0.2) is 18.2 Å². The van der Waals surface area contributed by atoms with E-state index in [0.29, 0.717) is 6.54 Å². The summed E-state index contributed by atoms with van der Waals surface area (Å²) in [7, 11) is 1.72. The standard InChI is InChI=1S/C16H25NO2/c1-5-12-8-13(6-7-14(12)18-4)16(10-19-11-16)15(2,3)9-17/h6-8H,5,9-11,17H2,1-4H3. The minimum absolute atomic E-state index is 0.0326. The highest BCUT2D eigenvalue weighted by atomic mass is 16.5. The van der Waals surface area contributed by atoms with Crippen LogP contribution < -0.4 is 10.5 Å². The molecule has 0 amide bonds. The first-order valence-corrected chi connectivity index (χ1v) is 6.96. The van der Waals surface area contributed by atoms with Crippen LogP contribution in [0.3, 0.4) is 0 Å². The lowest BCUT2D eigenvalue weighted by molar-refractivity contribution is -0.116. The summed E-state index contributed by atoms with van der Waals surface area (Å²) in [6.45, 7) is 8.78. The van der Waals surface area contributed by atoms with Crippen molar-refractivity contribution < 1.29 is 9.47 Å². The van der Waals surface area contributed by atoms with Crippen molar-refractivity contribution in [1.82, 2.24) is 0 Å². The van der Waals surface area contributed by atoms with Crippen molar-refractivity contribution >= 4 is 0 Å². The number of ether oxygens (including phenoxy) is 2. The molecule has 0 atom stereocenters. The summed E-state index contributed by atoms with van der Waals surface area (Å²) >= 11 is 0. The van der Waals surface area contributed by atoms with Crippen molar-refractivity contribution in [2.45, 2.75) is 32.6 Å². The minimum Gasteiger partial charge on any atom is -0.496 e. The summed E-state index contributed by atoms with van der Waals surface area (Å²) in [5.41, 5.74) is 8.63. The van der Waals surface area contributed by atoms with Gasteiger partial charge in [0.05, 0.1) is 20.3 Å². The van der Waals surface area contributed by atoms with Gasteiger partial charge in [-0.15, -0.1) is 0 Å². The molecule has 3 nitrogen and oxygen atoms in total. The van der Waals surface area contributed by atoms with Gasteiger partial charge in [0, 0.05) is 5.41 Å². The van der Waals surface area contributed by atoms with E-state index in [-0.39, 0.29) is 10.8 Å². The maximum Gasteiger partial charge on any atom is 0.122 e. The molecule has 0 unspecified atom stereocenters. The number of hydrogen-bond donors (Lipinski definition) is 1. The van der Waals surface area contributed by atoms with E-state index in [2.05, 4.69) is 39.0 Å². The third kappa shape index (κ3) is 2.15. The van der Waals surface area contributed by atoms with Gasteiger partial charge in [-0.1, -0.05) is 32.9 Å². The van der Waals surface area contributed by atoms with E-state index in [9.17, 15) is 0 Å². The first kappa shape index (κ1) is 14.4. The Kier molecular flexibility index (Phi) is 3.88. The molecule has 1 saturated heterocycles. The number of methoxy groups -OCH3 is 1. The molecule has 1 aliphatic heterocycles. The molecule has 1 aliphatic rings. The zero-order valence-corrected chi connectivity index (χ0v) is 12.5. The second kappa shape index (κ2) is 5.14. The Bertz CT molecular complexity index is 450. The minimum atomic E-state index is 0.0326. The first-order valence-electron chi connectivity index (χ1n) is 6.96. The van der Waals surface area contributed by atoms with Crippen LogP contribution in [0.25, 0.3) is 0 Å². The van der Waals surface area contributed by atoms with Crippen LogP contribution in [-0.4, -0.2) is 26.9 Å². The Labute approximate surface area is 116 Å². The monoisotopic (exact) mass is 263 g/mol. The van der Waals surface area contributed by atoms with Crippen LogP contribution in [0.1, 0.15) is 31.9 Å². The van der Waals surface area contributed by atoms with E-state index in [1.807, 2.05) is 0 Å². The molecule has 106 valence electrons. The molecule has 0 saturated carbocycles. The Morgan fingerprint density at radius 3 is 2.47 bits per heavy atom. The van der Waals surface area contributed by atoms with E-state index < -0.39 is 0 Å². The van der Waals surface area contributed by atoms with Crippen molar-refractivity contribution in [2.24, 2.45) is 11.1 Å². The fourth-order valence-corrected chi connectivity index (χ4v) is 2.80. The molecule has 0 bridgehead atoms. The van der Waals surface area contributed by atoms with Gasteiger partial charge in [-0.2, -0.15) is 0 Å². The maximum atomic E-state index is 5.99. The highest BCUT2D eigenvalue weighted by Crippen LogP contribution is 2.47. The molecular weight excluding hydrogens is 238 g/mol. The molecule has 2 rings (SSSR count). The molecule has 0 aromatic heterocycles. The highest BCUT2D eigenvalue weighted by Gasteiger charge is 2.51. The third-order valence-electron chi connectivity index (χ3n) is 4.72. The molecule has 19 heavy (non-hydrogen) atoms. The highest BCUT2D eigenvalue weighted by molar-refractivity contribution is 5.42. The van der Waals surface area contributed by atoms with Gasteiger partial charge in [-0.3, -0.25) is 0 Å². The Morgan fingerprint density at radius 2 is 2.05 bits per heavy atom. The number of benzene rings is 1. The lowest BCUT2D eigenvalue weighted by atomic mass is 9.60. The summed E-state index contributed by atoms with van der Waals surface area (Å²) in [5, 5.41) is 0. The van der Waals surface area contributed by atoms with Crippen LogP contribution in [0.4, 0.5) is 0 Å². The molecule has 0 aliphatic carbocycles. The van der Waals surface area contributed by atoms with Crippen molar-refractivity contribution in [1.29, 1.82) is 0 Å². The predicted octanol–water partition coefficient (Wildman–Crippen LogP) is 2.51. The van der Waals surface area contributed by atoms with Gasteiger partial charge in [-0.05, 0) is 35.6 Å². The quantitative estimate of drug-likeness (QED) is 0.887. The van der Waals surface area contributed by atoms with E-state index in [1.54, 1.807) is 7.11 Å². The Balaban J connectivity index is 2.45. The van der Waals surface area contributed by atoms with Gasteiger partial charge in [-0.25, -0.2) is 0 Å². The summed E-state index contributed by atoms with van der Waals surface area (Å²) < 4.78 is 10.9. The van der Waals surface area contributed by atoms with E-state index >= 15 is 0 Å². The van der Waals surface area contributed by atoms with Gasteiger partial charge in [0.2, 0.25) is 0 Å². The van der Waals surface area contributed by atoms with Gasteiger partial charge >= 0.3 is 0 Å². The fraction of sp³-hybridized carbons (Fsp3) is 0.625. The molecule has 2 N–H and O–H groups in total. The number of aryl methyl sites for hydroxylation is 1. The molecule has 0 spiro atoms. The number of nitrogens with two attached hydrogens (primary N) is 1. The molecular formula is C16H25NO2.